The van der Waals surface area contributed by atoms with E-state index in [4.69, 9.17) is 11.6 Å². The first-order valence-corrected chi connectivity index (χ1v) is 10.3. The van der Waals surface area contributed by atoms with E-state index < -0.39 is 5.41 Å². The number of halogens is 1. The third kappa shape index (κ3) is 2.90. The number of carbonyl (C=O) groups excluding carboxylic acids is 1. The van der Waals surface area contributed by atoms with Crippen LogP contribution in [0.15, 0.2) is 36.4 Å². The van der Waals surface area contributed by atoms with Crippen LogP contribution in [0.25, 0.3) is 0 Å². The second-order valence-corrected chi connectivity index (χ2v) is 9.00. The summed E-state index contributed by atoms with van der Waals surface area (Å²) in [5.74, 6) is 0.141. The van der Waals surface area contributed by atoms with Gasteiger partial charge in [-0.15, -0.1) is 0 Å². The lowest BCUT2D eigenvalue weighted by Crippen LogP contribution is -2.45. The molecular weight excluding hydrogens is 370 g/mol. The maximum absolute atomic E-state index is 12.6. The number of nitrogens with zero attached hydrogens (tertiary/aromatic N) is 1. The number of likely N-dealkylation sites (N-methyl/N-ethyl adjacent to an activating group) is 1. The summed E-state index contributed by atoms with van der Waals surface area (Å²) in [6.07, 6.45) is 1.96. The van der Waals surface area contributed by atoms with E-state index >= 15 is 0 Å². The number of carbonyl (C=O) groups is 1. The third-order valence-electron chi connectivity index (χ3n) is 6.50. The number of nitrogens with one attached hydrogen (secondary N) is 2. The van der Waals surface area contributed by atoms with Crippen molar-refractivity contribution in [2.45, 2.75) is 44.6 Å². The topological polar surface area (TPSA) is 44.4 Å². The van der Waals surface area contributed by atoms with Gasteiger partial charge in [-0.1, -0.05) is 29.8 Å². The van der Waals surface area contributed by atoms with Gasteiger partial charge in [0, 0.05) is 23.4 Å². The maximum Gasteiger partial charge on any atom is 0.236 e. The van der Waals surface area contributed by atoms with Gasteiger partial charge in [-0.3, -0.25) is 4.79 Å². The van der Waals surface area contributed by atoms with Gasteiger partial charge in [0.15, 0.2) is 0 Å². The van der Waals surface area contributed by atoms with Crippen molar-refractivity contribution < 1.29 is 4.79 Å². The molecule has 4 rings (SSSR count). The summed E-state index contributed by atoms with van der Waals surface area (Å²) in [5, 5.41) is 8.11. The SMILES string of the molecule is Cc1c(Cl)cccc1C1(Nc2ccc3c(c2)N(C)C(=O)C3(C)C)CCNCC1. The smallest absolute Gasteiger partial charge is 0.236 e. The molecule has 28 heavy (non-hydrogen) atoms. The number of fused-ring (bicyclic) bond motifs is 1. The van der Waals surface area contributed by atoms with Crippen molar-refractivity contribution in [2.75, 3.05) is 30.4 Å². The molecule has 1 amide bonds. The summed E-state index contributed by atoms with van der Waals surface area (Å²) in [6.45, 7) is 7.99. The van der Waals surface area contributed by atoms with Crippen LogP contribution in [0.5, 0.6) is 0 Å². The molecule has 2 aliphatic rings. The molecule has 4 nitrogen and oxygen atoms in total. The Kier molecular flexibility index (Phi) is 4.67. The Hall–Kier alpha value is -2.04. The predicted octanol–water partition coefficient (Wildman–Crippen LogP) is 4.59. The highest BCUT2D eigenvalue weighted by molar-refractivity contribution is 6.31. The fourth-order valence-corrected chi connectivity index (χ4v) is 4.95. The highest BCUT2D eigenvalue weighted by atomic mass is 35.5. The Bertz CT molecular complexity index is 931. The van der Waals surface area contributed by atoms with Crippen LogP contribution in [0.2, 0.25) is 5.02 Å². The Balaban J connectivity index is 1.76. The van der Waals surface area contributed by atoms with E-state index in [0.29, 0.717) is 0 Å². The number of rotatable bonds is 3. The van der Waals surface area contributed by atoms with Gasteiger partial charge in [-0.05, 0) is 81.6 Å². The summed E-state index contributed by atoms with van der Waals surface area (Å²) in [4.78, 5) is 14.4. The zero-order chi connectivity index (χ0) is 20.1. The number of amides is 1. The minimum Gasteiger partial charge on any atom is -0.375 e. The Morgan fingerprint density at radius 1 is 1.11 bits per heavy atom. The molecular formula is C23H28ClN3O. The molecule has 0 atom stereocenters. The number of benzene rings is 2. The molecule has 1 saturated heterocycles. The molecule has 2 N–H and O–H groups in total. The average Bonchev–Trinajstić information content (AvgIpc) is 2.85. The van der Waals surface area contributed by atoms with E-state index in [1.165, 1.54) is 5.56 Å². The van der Waals surface area contributed by atoms with Crippen LogP contribution in [-0.2, 0) is 15.7 Å². The van der Waals surface area contributed by atoms with Gasteiger partial charge in [-0.2, -0.15) is 0 Å². The average molecular weight is 398 g/mol. The summed E-state index contributed by atoms with van der Waals surface area (Å²) in [6, 6.07) is 12.5. The number of piperidine rings is 1. The van der Waals surface area contributed by atoms with Gasteiger partial charge in [0.25, 0.3) is 0 Å². The molecule has 0 saturated carbocycles. The summed E-state index contributed by atoms with van der Waals surface area (Å²) >= 11 is 6.45. The molecule has 2 aromatic carbocycles. The van der Waals surface area contributed by atoms with Crippen LogP contribution in [-0.4, -0.2) is 26.0 Å². The van der Waals surface area contributed by atoms with E-state index in [9.17, 15) is 4.79 Å². The van der Waals surface area contributed by atoms with Crippen molar-refractivity contribution in [1.82, 2.24) is 5.32 Å². The minimum absolute atomic E-state index is 0.141. The summed E-state index contributed by atoms with van der Waals surface area (Å²) in [5.41, 5.74) is 4.86. The van der Waals surface area contributed by atoms with Crippen molar-refractivity contribution in [2.24, 2.45) is 0 Å². The van der Waals surface area contributed by atoms with Crippen molar-refractivity contribution in [1.29, 1.82) is 0 Å². The molecule has 0 bridgehead atoms. The van der Waals surface area contributed by atoms with Crippen LogP contribution in [0.3, 0.4) is 0 Å². The van der Waals surface area contributed by atoms with Crippen molar-refractivity contribution in [3.8, 4) is 0 Å². The number of hydrogen-bond donors (Lipinski definition) is 2. The van der Waals surface area contributed by atoms with Gasteiger partial charge >= 0.3 is 0 Å². The first-order chi connectivity index (χ1) is 13.3. The third-order valence-corrected chi connectivity index (χ3v) is 6.91. The van der Waals surface area contributed by atoms with Gasteiger partial charge in [0.2, 0.25) is 5.91 Å². The second-order valence-electron chi connectivity index (χ2n) is 8.59. The van der Waals surface area contributed by atoms with Gasteiger partial charge in [-0.25, -0.2) is 0 Å². The van der Waals surface area contributed by atoms with Crippen LogP contribution >= 0.6 is 11.6 Å². The van der Waals surface area contributed by atoms with E-state index in [1.807, 2.05) is 33.0 Å². The lowest BCUT2D eigenvalue weighted by atomic mass is 9.79. The molecule has 5 heteroatoms. The molecule has 0 aliphatic carbocycles. The molecule has 0 spiro atoms. The van der Waals surface area contributed by atoms with Crippen LogP contribution in [0.4, 0.5) is 11.4 Å². The lowest BCUT2D eigenvalue weighted by Gasteiger charge is -2.41. The standard InChI is InChI=1S/C23H28ClN3O/c1-15-17(6-5-7-19(15)24)23(10-12-25-13-11-23)26-16-8-9-18-20(14-16)27(4)21(28)22(18,2)3/h5-9,14,25-26H,10-13H2,1-4H3. The largest absolute Gasteiger partial charge is 0.375 e. The fraction of sp³-hybridized carbons (Fsp3) is 0.435. The Labute approximate surface area is 172 Å². The summed E-state index contributed by atoms with van der Waals surface area (Å²) < 4.78 is 0. The number of anilines is 2. The Morgan fingerprint density at radius 2 is 1.82 bits per heavy atom. The fourth-order valence-electron chi connectivity index (χ4n) is 4.78. The Morgan fingerprint density at radius 3 is 2.54 bits per heavy atom. The molecule has 2 aromatic rings. The monoisotopic (exact) mass is 397 g/mol. The molecule has 1 fully saturated rings. The van der Waals surface area contributed by atoms with Gasteiger partial charge in [0.1, 0.15) is 0 Å². The van der Waals surface area contributed by atoms with E-state index in [2.05, 4.69) is 41.8 Å². The highest BCUT2D eigenvalue weighted by Crippen LogP contribution is 2.44. The molecule has 0 radical (unpaired) electrons. The summed E-state index contributed by atoms with van der Waals surface area (Å²) in [7, 11) is 1.86. The van der Waals surface area contributed by atoms with Crippen molar-refractivity contribution >= 4 is 28.9 Å². The zero-order valence-corrected chi connectivity index (χ0v) is 17.8. The highest BCUT2D eigenvalue weighted by Gasteiger charge is 2.42. The van der Waals surface area contributed by atoms with Crippen molar-refractivity contribution in [3.63, 3.8) is 0 Å². The molecule has 2 heterocycles. The number of hydrogen-bond acceptors (Lipinski definition) is 3. The van der Waals surface area contributed by atoms with Crippen molar-refractivity contribution in [3.05, 3.63) is 58.1 Å². The molecule has 2 aliphatic heterocycles. The van der Waals surface area contributed by atoms with E-state index in [-0.39, 0.29) is 11.4 Å². The molecule has 148 valence electrons. The zero-order valence-electron chi connectivity index (χ0n) is 17.0. The van der Waals surface area contributed by atoms with E-state index in [0.717, 1.165) is 53.5 Å². The van der Waals surface area contributed by atoms with Crippen LogP contribution in [0.1, 0.15) is 43.4 Å². The molecule has 0 aromatic heterocycles. The predicted molar refractivity (Wildman–Crippen MR) is 116 cm³/mol. The van der Waals surface area contributed by atoms with Gasteiger partial charge < -0.3 is 15.5 Å². The second kappa shape index (κ2) is 6.78. The normalized spacial score (nSPS) is 20.2. The minimum atomic E-state index is -0.474. The quantitative estimate of drug-likeness (QED) is 0.795. The van der Waals surface area contributed by atoms with Gasteiger partial charge in [0.05, 0.1) is 11.0 Å². The van der Waals surface area contributed by atoms with Crippen LogP contribution in [0, 0.1) is 6.92 Å². The first-order valence-electron chi connectivity index (χ1n) is 9.93. The molecule has 0 unspecified atom stereocenters. The maximum atomic E-state index is 12.6. The van der Waals surface area contributed by atoms with E-state index in [1.54, 1.807) is 4.90 Å². The first kappa shape index (κ1) is 19.3. The lowest BCUT2D eigenvalue weighted by molar-refractivity contribution is -0.121. The van der Waals surface area contributed by atoms with Crippen LogP contribution < -0.4 is 15.5 Å².